The van der Waals surface area contributed by atoms with E-state index in [9.17, 15) is 0 Å². The third kappa shape index (κ3) is 3.02. The first-order chi connectivity index (χ1) is 6.27. The van der Waals surface area contributed by atoms with E-state index in [2.05, 4.69) is 6.92 Å². The molecule has 2 nitrogen and oxygen atoms in total. The molecule has 0 spiro atoms. The van der Waals surface area contributed by atoms with Crippen LogP contribution in [-0.2, 0) is 4.74 Å². The van der Waals surface area contributed by atoms with Crippen LogP contribution in [0, 0.1) is 17.2 Å². The first-order valence-corrected chi connectivity index (χ1v) is 5.49. The number of nitrogens with one attached hydrogen (secondary N) is 1. The van der Waals surface area contributed by atoms with Crippen molar-refractivity contribution in [3.63, 3.8) is 0 Å². The summed E-state index contributed by atoms with van der Waals surface area (Å²) in [5.41, 5.74) is 0. The Kier molecular flexibility index (Phi) is 4.26. The van der Waals surface area contributed by atoms with Crippen molar-refractivity contribution < 1.29 is 4.74 Å². The van der Waals surface area contributed by atoms with Crippen molar-refractivity contribution in [2.24, 2.45) is 11.8 Å². The van der Waals surface area contributed by atoms with Gasteiger partial charge in [0.25, 0.3) is 0 Å². The Morgan fingerprint density at radius 2 is 2.15 bits per heavy atom. The Hall–Kier alpha value is -0.530. The summed E-state index contributed by atoms with van der Waals surface area (Å²) in [4.78, 5) is 0. The lowest BCUT2D eigenvalue weighted by atomic mass is 9.80. The Balaban J connectivity index is 2.37. The Bertz CT molecular complexity index is 167. The topological polar surface area (TPSA) is 33.1 Å². The fraction of sp³-hybridized carbons (Fsp3) is 0.909. The maximum absolute atomic E-state index is 7.73. The zero-order chi connectivity index (χ0) is 9.68. The molecule has 76 valence electrons. The molecule has 1 rings (SSSR count). The van der Waals surface area contributed by atoms with Crippen molar-refractivity contribution in [2.75, 3.05) is 6.61 Å². The zero-order valence-corrected chi connectivity index (χ0v) is 8.81. The molecule has 2 heteroatoms. The van der Waals surface area contributed by atoms with Crippen molar-refractivity contribution >= 4 is 5.90 Å². The molecular weight excluding hydrogens is 162 g/mol. The van der Waals surface area contributed by atoms with E-state index < -0.39 is 0 Å². The van der Waals surface area contributed by atoms with Gasteiger partial charge in [0.2, 0.25) is 0 Å². The summed E-state index contributed by atoms with van der Waals surface area (Å²) in [6.07, 6.45) is 6.23. The van der Waals surface area contributed by atoms with Crippen molar-refractivity contribution in [1.29, 1.82) is 5.41 Å². The number of rotatable bonds is 3. The Labute approximate surface area is 81.2 Å². The third-order valence-electron chi connectivity index (χ3n) is 3.03. The molecule has 1 N–H and O–H groups in total. The summed E-state index contributed by atoms with van der Waals surface area (Å²) in [6.45, 7) is 4.85. The molecular formula is C11H21NO. The van der Waals surface area contributed by atoms with E-state index in [1.807, 2.05) is 6.92 Å². The van der Waals surface area contributed by atoms with Gasteiger partial charge in [-0.25, -0.2) is 0 Å². The smallest absolute Gasteiger partial charge is 0.183 e. The van der Waals surface area contributed by atoms with Crippen LogP contribution in [0.15, 0.2) is 0 Å². The van der Waals surface area contributed by atoms with Crippen molar-refractivity contribution in [2.45, 2.75) is 46.0 Å². The van der Waals surface area contributed by atoms with Gasteiger partial charge in [0.1, 0.15) is 0 Å². The lowest BCUT2D eigenvalue weighted by molar-refractivity contribution is 0.243. The van der Waals surface area contributed by atoms with E-state index in [0.29, 0.717) is 18.4 Å². The minimum Gasteiger partial charge on any atom is -0.481 e. The van der Waals surface area contributed by atoms with E-state index in [1.54, 1.807) is 0 Å². The van der Waals surface area contributed by atoms with E-state index in [-0.39, 0.29) is 0 Å². The highest BCUT2D eigenvalue weighted by molar-refractivity contribution is 5.75. The summed E-state index contributed by atoms with van der Waals surface area (Å²) in [5.74, 6) is 1.78. The average molecular weight is 183 g/mol. The first kappa shape index (κ1) is 10.6. The van der Waals surface area contributed by atoms with Gasteiger partial charge in [-0.2, -0.15) is 0 Å². The summed E-state index contributed by atoms with van der Waals surface area (Å²) < 4.78 is 5.26. The monoisotopic (exact) mass is 183 g/mol. The molecule has 0 saturated heterocycles. The predicted octanol–water partition coefficient (Wildman–Crippen LogP) is 3.22. The number of hydrogen-bond donors (Lipinski definition) is 1. The molecule has 0 bridgehead atoms. The van der Waals surface area contributed by atoms with E-state index in [0.717, 1.165) is 12.3 Å². The molecule has 2 unspecified atom stereocenters. The first-order valence-electron chi connectivity index (χ1n) is 5.49. The molecule has 1 fully saturated rings. The van der Waals surface area contributed by atoms with Gasteiger partial charge in [-0.15, -0.1) is 0 Å². The number of ether oxygens (including phenoxy) is 1. The van der Waals surface area contributed by atoms with Gasteiger partial charge in [0.15, 0.2) is 5.90 Å². The van der Waals surface area contributed by atoms with Crippen LogP contribution in [0.1, 0.15) is 46.0 Å². The van der Waals surface area contributed by atoms with Crippen LogP contribution in [0.25, 0.3) is 0 Å². The van der Waals surface area contributed by atoms with Crippen LogP contribution in [0.2, 0.25) is 0 Å². The molecule has 0 heterocycles. The van der Waals surface area contributed by atoms with Crippen LogP contribution < -0.4 is 0 Å². The second-order valence-electron chi connectivity index (χ2n) is 3.94. The van der Waals surface area contributed by atoms with Gasteiger partial charge in [-0.05, 0) is 25.7 Å². The molecule has 1 aliphatic carbocycles. The van der Waals surface area contributed by atoms with Crippen LogP contribution >= 0.6 is 0 Å². The molecule has 2 atom stereocenters. The molecule has 0 aromatic rings. The normalized spacial score (nSPS) is 28.5. The van der Waals surface area contributed by atoms with Crippen LogP contribution in [0.5, 0.6) is 0 Å². The van der Waals surface area contributed by atoms with E-state index >= 15 is 0 Å². The van der Waals surface area contributed by atoms with Gasteiger partial charge in [-0.1, -0.05) is 26.2 Å². The molecule has 0 aromatic heterocycles. The van der Waals surface area contributed by atoms with Gasteiger partial charge in [0, 0.05) is 5.92 Å². The quantitative estimate of drug-likeness (QED) is 0.529. The minimum absolute atomic E-state index is 0.415. The lowest BCUT2D eigenvalue weighted by Gasteiger charge is -2.28. The average Bonchev–Trinajstić information content (AvgIpc) is 2.18. The van der Waals surface area contributed by atoms with Crippen LogP contribution in [0.3, 0.4) is 0 Å². The summed E-state index contributed by atoms with van der Waals surface area (Å²) in [7, 11) is 0. The highest BCUT2D eigenvalue weighted by Gasteiger charge is 2.24. The second kappa shape index (κ2) is 5.25. The SMILES string of the molecule is CCOC(=N)C1CCCC(CC)C1. The van der Waals surface area contributed by atoms with Gasteiger partial charge in [-0.3, -0.25) is 5.41 Å². The largest absolute Gasteiger partial charge is 0.481 e. The number of hydrogen-bond acceptors (Lipinski definition) is 2. The third-order valence-corrected chi connectivity index (χ3v) is 3.03. The molecule has 1 saturated carbocycles. The lowest BCUT2D eigenvalue weighted by Crippen LogP contribution is -2.24. The zero-order valence-electron chi connectivity index (χ0n) is 8.81. The fourth-order valence-corrected chi connectivity index (χ4v) is 2.17. The van der Waals surface area contributed by atoms with Gasteiger partial charge in [0.05, 0.1) is 6.61 Å². The molecule has 1 aliphatic rings. The van der Waals surface area contributed by atoms with Crippen LogP contribution in [0.4, 0.5) is 0 Å². The standard InChI is InChI=1S/C11H21NO/c1-3-9-6-5-7-10(8-9)11(12)13-4-2/h9-10,12H,3-8H2,1-2H3. The Morgan fingerprint density at radius 1 is 1.38 bits per heavy atom. The molecule has 0 aromatic carbocycles. The molecule has 13 heavy (non-hydrogen) atoms. The summed E-state index contributed by atoms with van der Waals surface area (Å²) in [5, 5.41) is 7.73. The van der Waals surface area contributed by atoms with E-state index in [1.165, 1.54) is 25.7 Å². The van der Waals surface area contributed by atoms with Gasteiger partial charge >= 0.3 is 0 Å². The Morgan fingerprint density at radius 3 is 2.77 bits per heavy atom. The molecule has 0 amide bonds. The summed E-state index contributed by atoms with van der Waals surface area (Å²) in [6, 6.07) is 0. The van der Waals surface area contributed by atoms with Crippen molar-refractivity contribution in [1.82, 2.24) is 0 Å². The molecule has 0 radical (unpaired) electrons. The van der Waals surface area contributed by atoms with Crippen LogP contribution in [-0.4, -0.2) is 12.5 Å². The van der Waals surface area contributed by atoms with Crippen molar-refractivity contribution in [3.05, 3.63) is 0 Å². The highest BCUT2D eigenvalue weighted by atomic mass is 16.5. The maximum atomic E-state index is 7.73. The minimum atomic E-state index is 0.415. The highest BCUT2D eigenvalue weighted by Crippen LogP contribution is 2.31. The van der Waals surface area contributed by atoms with Gasteiger partial charge < -0.3 is 4.74 Å². The predicted molar refractivity (Wildman–Crippen MR) is 55.1 cm³/mol. The fourth-order valence-electron chi connectivity index (χ4n) is 2.17. The second-order valence-corrected chi connectivity index (χ2v) is 3.94. The summed E-state index contributed by atoms with van der Waals surface area (Å²) >= 11 is 0. The molecule has 0 aliphatic heterocycles. The van der Waals surface area contributed by atoms with E-state index in [4.69, 9.17) is 10.1 Å². The maximum Gasteiger partial charge on any atom is 0.183 e. The van der Waals surface area contributed by atoms with Crippen molar-refractivity contribution in [3.8, 4) is 0 Å².